The van der Waals surface area contributed by atoms with Gasteiger partial charge in [0, 0.05) is 10.3 Å². The van der Waals surface area contributed by atoms with E-state index in [1.54, 1.807) is 18.2 Å². The van der Waals surface area contributed by atoms with Crippen molar-refractivity contribution in [3.05, 3.63) is 45.8 Å². The molecule has 168 valence electrons. The van der Waals surface area contributed by atoms with Gasteiger partial charge in [0.25, 0.3) is 0 Å². The minimum Gasteiger partial charge on any atom is -0.394 e. The standard InChI is InChI=1S/C18H19Cl2FN4O4S2/c1-9(27)15(7-26)29-18(31-10-2-3-11(19)12(20)4-10)14(28)6-25-5-13(23-24-25)17-22-16(21)8-30-17/h2-5,8-9,14-15,18,26-28H,6-7H2,1H3/t9-,14+,15?,18?/m1/s1. The molecule has 0 aliphatic heterocycles. The Morgan fingerprint density at radius 2 is 2.06 bits per heavy atom. The van der Waals surface area contributed by atoms with E-state index in [4.69, 9.17) is 27.9 Å². The number of hydrogen-bond donors (Lipinski definition) is 3. The topological polar surface area (TPSA) is 114 Å². The normalized spacial score (nSPS) is 15.6. The first-order chi connectivity index (χ1) is 14.8. The number of hydrogen-bond acceptors (Lipinski definition) is 9. The third-order valence-corrected chi connectivity index (χ3v) is 6.85. The SMILES string of the molecule is C[C@@H](O)C(CO)OC(Sc1ccc(Cl)c(Cl)c1)[C@@H](O)Cn1cc(-c2nc(F)cs2)nn1. The lowest BCUT2D eigenvalue weighted by molar-refractivity contribution is -0.0972. The molecule has 0 bridgehead atoms. The average Bonchev–Trinajstić information content (AvgIpc) is 3.36. The van der Waals surface area contributed by atoms with Crippen LogP contribution in [0.4, 0.5) is 4.39 Å². The number of thiazole rings is 1. The second-order valence-corrected chi connectivity index (χ2v) is 9.37. The molecule has 3 aromatic rings. The number of aliphatic hydroxyl groups is 3. The number of aliphatic hydroxyl groups excluding tert-OH is 3. The molecular formula is C18H19Cl2FN4O4S2. The summed E-state index contributed by atoms with van der Waals surface area (Å²) in [6.45, 7) is 1.02. The van der Waals surface area contributed by atoms with Crippen LogP contribution in [0.3, 0.4) is 0 Å². The fraction of sp³-hybridized carbons (Fsp3) is 0.389. The third kappa shape index (κ3) is 6.59. The van der Waals surface area contributed by atoms with Crippen molar-refractivity contribution in [1.29, 1.82) is 0 Å². The summed E-state index contributed by atoms with van der Waals surface area (Å²) in [5.74, 6) is -0.603. The van der Waals surface area contributed by atoms with Crippen molar-refractivity contribution >= 4 is 46.3 Å². The van der Waals surface area contributed by atoms with E-state index < -0.39 is 36.3 Å². The van der Waals surface area contributed by atoms with E-state index in [2.05, 4.69) is 15.3 Å². The number of nitrogens with zero attached hydrogens (tertiary/aromatic N) is 4. The second-order valence-electron chi connectivity index (χ2n) is 6.53. The molecule has 0 saturated heterocycles. The zero-order chi connectivity index (χ0) is 22.5. The summed E-state index contributed by atoms with van der Waals surface area (Å²) in [4.78, 5) is 4.38. The molecule has 2 heterocycles. The maximum atomic E-state index is 13.1. The van der Waals surface area contributed by atoms with Gasteiger partial charge >= 0.3 is 0 Å². The first kappa shape index (κ1) is 24.3. The van der Waals surface area contributed by atoms with E-state index in [0.717, 1.165) is 23.1 Å². The van der Waals surface area contributed by atoms with Crippen LogP contribution in [0.1, 0.15) is 6.92 Å². The molecule has 0 fully saturated rings. The van der Waals surface area contributed by atoms with Crippen molar-refractivity contribution in [3.63, 3.8) is 0 Å². The van der Waals surface area contributed by atoms with Crippen LogP contribution in [0.5, 0.6) is 0 Å². The van der Waals surface area contributed by atoms with Crippen molar-refractivity contribution in [1.82, 2.24) is 20.0 Å². The van der Waals surface area contributed by atoms with Gasteiger partial charge < -0.3 is 20.1 Å². The highest BCUT2D eigenvalue weighted by Crippen LogP contribution is 2.33. The van der Waals surface area contributed by atoms with Crippen molar-refractivity contribution in [2.75, 3.05) is 6.61 Å². The second kappa shape index (κ2) is 11.0. The van der Waals surface area contributed by atoms with Gasteiger partial charge in [0.2, 0.25) is 5.95 Å². The molecule has 0 spiro atoms. The third-order valence-electron chi connectivity index (χ3n) is 4.09. The summed E-state index contributed by atoms with van der Waals surface area (Å²) in [5.41, 5.74) is -0.526. The Morgan fingerprint density at radius 1 is 1.29 bits per heavy atom. The van der Waals surface area contributed by atoms with Crippen LogP contribution < -0.4 is 0 Å². The monoisotopic (exact) mass is 508 g/mol. The van der Waals surface area contributed by atoms with E-state index in [0.29, 0.717) is 25.6 Å². The van der Waals surface area contributed by atoms with Gasteiger partial charge in [-0.15, -0.1) is 16.4 Å². The number of benzene rings is 1. The summed E-state index contributed by atoms with van der Waals surface area (Å²) >= 11 is 14.3. The number of halogens is 3. The highest BCUT2D eigenvalue weighted by Gasteiger charge is 2.28. The summed E-state index contributed by atoms with van der Waals surface area (Å²) in [5, 5.41) is 40.4. The molecule has 2 unspecified atom stereocenters. The molecule has 0 radical (unpaired) electrons. The Labute approximate surface area is 195 Å². The number of ether oxygens (including phenoxy) is 1. The summed E-state index contributed by atoms with van der Waals surface area (Å²) in [7, 11) is 0. The van der Waals surface area contributed by atoms with E-state index >= 15 is 0 Å². The zero-order valence-corrected chi connectivity index (χ0v) is 19.2. The molecule has 1 aromatic carbocycles. The Bertz CT molecular complexity index is 1010. The molecule has 0 aliphatic rings. The number of aromatic nitrogens is 4. The minimum absolute atomic E-state index is 0.0161. The molecule has 0 saturated carbocycles. The van der Waals surface area contributed by atoms with E-state index in [1.807, 2.05) is 0 Å². The average molecular weight is 509 g/mol. The molecular weight excluding hydrogens is 490 g/mol. The van der Waals surface area contributed by atoms with Crippen LogP contribution in [0, 0.1) is 5.95 Å². The highest BCUT2D eigenvalue weighted by atomic mass is 35.5. The molecule has 3 rings (SSSR count). The molecule has 13 heteroatoms. The van der Waals surface area contributed by atoms with Crippen molar-refractivity contribution in [2.45, 2.75) is 42.1 Å². The van der Waals surface area contributed by atoms with Crippen LogP contribution in [0.25, 0.3) is 10.7 Å². The van der Waals surface area contributed by atoms with Gasteiger partial charge in [-0.2, -0.15) is 4.39 Å². The zero-order valence-electron chi connectivity index (χ0n) is 16.1. The van der Waals surface area contributed by atoms with Gasteiger partial charge in [-0.25, -0.2) is 9.67 Å². The minimum atomic E-state index is -1.12. The van der Waals surface area contributed by atoms with Crippen molar-refractivity contribution in [3.8, 4) is 10.7 Å². The molecule has 31 heavy (non-hydrogen) atoms. The van der Waals surface area contributed by atoms with Gasteiger partial charge in [-0.05, 0) is 25.1 Å². The lowest BCUT2D eigenvalue weighted by Crippen LogP contribution is -2.39. The largest absolute Gasteiger partial charge is 0.394 e. The summed E-state index contributed by atoms with van der Waals surface area (Å²) in [6.07, 6.45) is -1.47. The molecule has 2 aromatic heterocycles. The molecule has 3 N–H and O–H groups in total. The molecule has 0 aliphatic carbocycles. The molecule has 0 amide bonds. The van der Waals surface area contributed by atoms with Gasteiger partial charge in [0.1, 0.15) is 28.3 Å². The first-order valence-electron chi connectivity index (χ1n) is 9.02. The maximum absolute atomic E-state index is 13.1. The van der Waals surface area contributed by atoms with Crippen LogP contribution in [0.15, 0.2) is 34.7 Å². The van der Waals surface area contributed by atoms with Crippen LogP contribution in [-0.2, 0) is 11.3 Å². The fourth-order valence-electron chi connectivity index (χ4n) is 2.50. The van der Waals surface area contributed by atoms with Crippen LogP contribution in [-0.4, -0.2) is 65.7 Å². The Kier molecular flexibility index (Phi) is 8.65. The molecule has 4 atom stereocenters. The predicted molar refractivity (Wildman–Crippen MR) is 117 cm³/mol. The summed E-state index contributed by atoms with van der Waals surface area (Å²) < 4.78 is 20.3. The first-order valence-corrected chi connectivity index (χ1v) is 11.5. The van der Waals surface area contributed by atoms with Gasteiger partial charge in [0.05, 0.1) is 35.5 Å². The Morgan fingerprint density at radius 3 is 2.68 bits per heavy atom. The van der Waals surface area contributed by atoms with E-state index in [1.165, 1.54) is 23.2 Å². The highest BCUT2D eigenvalue weighted by molar-refractivity contribution is 7.99. The van der Waals surface area contributed by atoms with E-state index in [-0.39, 0.29) is 6.54 Å². The van der Waals surface area contributed by atoms with Crippen LogP contribution in [0.2, 0.25) is 10.0 Å². The van der Waals surface area contributed by atoms with Crippen LogP contribution >= 0.6 is 46.3 Å². The van der Waals surface area contributed by atoms with Gasteiger partial charge in [0.15, 0.2) is 0 Å². The number of rotatable bonds is 10. The number of thioether (sulfide) groups is 1. The lowest BCUT2D eigenvalue weighted by atomic mass is 10.2. The quantitative estimate of drug-likeness (QED) is 0.282. The van der Waals surface area contributed by atoms with Crippen molar-refractivity contribution < 1.29 is 24.4 Å². The van der Waals surface area contributed by atoms with E-state index in [9.17, 15) is 19.7 Å². The lowest BCUT2D eigenvalue weighted by Gasteiger charge is -2.28. The van der Waals surface area contributed by atoms with Gasteiger partial charge in [-0.3, -0.25) is 0 Å². The maximum Gasteiger partial charge on any atom is 0.224 e. The van der Waals surface area contributed by atoms with Gasteiger partial charge in [-0.1, -0.05) is 40.2 Å². The Hall–Kier alpha value is -1.31. The smallest absolute Gasteiger partial charge is 0.224 e. The molecule has 8 nitrogen and oxygen atoms in total. The predicted octanol–water partition coefficient (Wildman–Crippen LogP) is 3.09. The summed E-state index contributed by atoms with van der Waals surface area (Å²) in [6, 6.07) is 4.95. The Balaban J connectivity index is 1.76. The fourth-order valence-corrected chi connectivity index (χ4v) is 4.52. The van der Waals surface area contributed by atoms with Crippen molar-refractivity contribution in [2.24, 2.45) is 0 Å².